The summed E-state index contributed by atoms with van der Waals surface area (Å²) < 4.78 is 4.75. The zero-order chi connectivity index (χ0) is 16.1. The van der Waals surface area contributed by atoms with Crippen LogP contribution in [0.4, 0.5) is 0 Å². The van der Waals surface area contributed by atoms with Gasteiger partial charge < -0.3 is 5.11 Å². The average molecular weight is 374 g/mol. The quantitative estimate of drug-likeness (QED) is 0.651. The maximum absolute atomic E-state index is 10.2. The molecule has 0 aliphatic rings. The van der Waals surface area contributed by atoms with Crippen LogP contribution in [0.3, 0.4) is 0 Å². The van der Waals surface area contributed by atoms with Crippen molar-refractivity contribution in [1.29, 1.82) is 0 Å². The highest BCUT2D eigenvalue weighted by Crippen LogP contribution is 2.37. The van der Waals surface area contributed by atoms with Gasteiger partial charge >= 0.3 is 0 Å². The Kier molecular flexibility index (Phi) is 7.25. The summed E-state index contributed by atoms with van der Waals surface area (Å²) in [4.78, 5) is 0. The van der Waals surface area contributed by atoms with Gasteiger partial charge in [0.2, 0.25) is 0 Å². The van der Waals surface area contributed by atoms with Crippen LogP contribution in [-0.4, -0.2) is 16.5 Å². The van der Waals surface area contributed by atoms with E-state index in [1.807, 2.05) is 12.1 Å². The Morgan fingerprint density at radius 2 is 1.81 bits per heavy atom. The van der Waals surface area contributed by atoms with Gasteiger partial charge in [-0.2, -0.15) is 0 Å². The lowest BCUT2D eigenvalue weighted by atomic mass is 9.78. The second-order valence-corrected chi connectivity index (χ2v) is 9.19. The fourth-order valence-electron chi connectivity index (χ4n) is 2.39. The third-order valence-electron chi connectivity index (χ3n) is 3.71. The van der Waals surface area contributed by atoms with E-state index in [1.165, 1.54) is 0 Å². The summed E-state index contributed by atoms with van der Waals surface area (Å²) in [7, 11) is 0. The van der Waals surface area contributed by atoms with E-state index < -0.39 is 5.54 Å². The molecule has 0 radical (unpaired) electrons. The highest BCUT2D eigenvalue weighted by molar-refractivity contribution is 9.10. The number of nitrogens with one attached hydrogen (secondary N) is 1. The van der Waals surface area contributed by atoms with Crippen molar-refractivity contribution in [2.75, 3.05) is 6.61 Å². The third-order valence-corrected chi connectivity index (χ3v) is 5.32. The van der Waals surface area contributed by atoms with E-state index in [9.17, 15) is 5.11 Å². The average Bonchev–Trinajstić information content (AvgIpc) is 2.41. The molecule has 1 aromatic carbocycles. The fraction of sp³-hybridized carbons (Fsp3) is 0.647. The van der Waals surface area contributed by atoms with Gasteiger partial charge in [-0.3, -0.25) is 4.72 Å². The highest BCUT2D eigenvalue weighted by atomic mass is 79.9. The molecular formula is C17H28BrNOS. The Morgan fingerprint density at radius 3 is 2.24 bits per heavy atom. The lowest BCUT2D eigenvalue weighted by Crippen LogP contribution is -2.49. The SMILES string of the molecule is CCCC(C)C(CO)(NSC(C)(C)C)c1ccc(Br)cc1. The van der Waals surface area contributed by atoms with Crippen molar-refractivity contribution >= 4 is 27.9 Å². The van der Waals surface area contributed by atoms with Gasteiger partial charge in [0, 0.05) is 9.22 Å². The number of aliphatic hydroxyl groups is 1. The first-order chi connectivity index (χ1) is 9.75. The topological polar surface area (TPSA) is 32.3 Å². The summed E-state index contributed by atoms with van der Waals surface area (Å²) in [6.45, 7) is 11.0. The van der Waals surface area contributed by atoms with Crippen molar-refractivity contribution in [3.63, 3.8) is 0 Å². The fourth-order valence-corrected chi connectivity index (χ4v) is 3.53. The van der Waals surface area contributed by atoms with E-state index in [-0.39, 0.29) is 11.4 Å². The first-order valence-corrected chi connectivity index (χ1v) is 9.18. The Morgan fingerprint density at radius 1 is 1.24 bits per heavy atom. The zero-order valence-electron chi connectivity index (χ0n) is 13.7. The molecule has 120 valence electrons. The third kappa shape index (κ3) is 5.27. The smallest absolute Gasteiger partial charge is 0.0787 e. The van der Waals surface area contributed by atoms with Crippen LogP contribution in [0, 0.1) is 5.92 Å². The van der Waals surface area contributed by atoms with Crippen LogP contribution in [0.25, 0.3) is 0 Å². The van der Waals surface area contributed by atoms with E-state index in [0.717, 1.165) is 22.9 Å². The second-order valence-electron chi connectivity index (χ2n) is 6.64. The minimum Gasteiger partial charge on any atom is -0.394 e. The summed E-state index contributed by atoms with van der Waals surface area (Å²) in [5.41, 5.74) is 0.736. The van der Waals surface area contributed by atoms with Gasteiger partial charge in [0.1, 0.15) is 0 Å². The van der Waals surface area contributed by atoms with Gasteiger partial charge in [0.25, 0.3) is 0 Å². The standard InChI is InChI=1S/C17H28BrNOS/c1-6-7-13(2)17(12-20,19-21-16(3,4)5)14-8-10-15(18)11-9-14/h8-11,13,19-20H,6-7,12H2,1-5H3. The molecule has 0 spiro atoms. The molecule has 0 aromatic heterocycles. The number of rotatable bonds is 7. The van der Waals surface area contributed by atoms with Crippen LogP contribution in [0.15, 0.2) is 28.7 Å². The monoisotopic (exact) mass is 373 g/mol. The summed E-state index contributed by atoms with van der Waals surface area (Å²) in [6.07, 6.45) is 2.19. The van der Waals surface area contributed by atoms with Crippen molar-refractivity contribution in [1.82, 2.24) is 4.72 Å². The van der Waals surface area contributed by atoms with Gasteiger partial charge in [0.05, 0.1) is 12.1 Å². The number of benzene rings is 1. The van der Waals surface area contributed by atoms with Crippen LogP contribution in [0.1, 0.15) is 53.0 Å². The van der Waals surface area contributed by atoms with E-state index >= 15 is 0 Å². The summed E-state index contributed by atoms with van der Waals surface area (Å²) in [6, 6.07) is 8.29. The van der Waals surface area contributed by atoms with Gasteiger partial charge in [-0.25, -0.2) is 0 Å². The van der Waals surface area contributed by atoms with Gasteiger partial charge in [0.15, 0.2) is 0 Å². The molecule has 0 saturated carbocycles. The molecule has 0 amide bonds. The van der Waals surface area contributed by atoms with Gasteiger partial charge in [-0.05, 0) is 50.8 Å². The molecule has 21 heavy (non-hydrogen) atoms. The largest absolute Gasteiger partial charge is 0.394 e. The highest BCUT2D eigenvalue weighted by Gasteiger charge is 2.38. The van der Waals surface area contributed by atoms with E-state index in [2.05, 4.69) is 67.4 Å². The van der Waals surface area contributed by atoms with Gasteiger partial charge in [-0.15, -0.1) is 0 Å². The first kappa shape index (κ1) is 19.0. The number of aliphatic hydroxyl groups excluding tert-OH is 1. The Bertz CT molecular complexity index is 429. The lowest BCUT2D eigenvalue weighted by Gasteiger charge is -2.40. The molecule has 1 rings (SSSR count). The molecule has 2 atom stereocenters. The predicted octanol–water partition coefficient (Wildman–Crippen LogP) is 5.11. The molecule has 2 nitrogen and oxygen atoms in total. The number of halogens is 1. The Balaban J connectivity index is 3.15. The van der Waals surface area contributed by atoms with Crippen molar-refractivity contribution in [3.8, 4) is 0 Å². The maximum Gasteiger partial charge on any atom is 0.0787 e. The molecule has 0 heterocycles. The van der Waals surface area contributed by atoms with Crippen molar-refractivity contribution in [2.45, 2.75) is 57.7 Å². The van der Waals surface area contributed by atoms with Crippen LogP contribution in [-0.2, 0) is 5.54 Å². The van der Waals surface area contributed by atoms with Crippen molar-refractivity contribution in [3.05, 3.63) is 34.3 Å². The number of hydrogen-bond acceptors (Lipinski definition) is 3. The van der Waals surface area contributed by atoms with Crippen molar-refractivity contribution in [2.24, 2.45) is 5.92 Å². The molecule has 0 aliphatic heterocycles. The Labute approximate surface area is 142 Å². The van der Waals surface area contributed by atoms with Crippen LogP contribution >= 0.6 is 27.9 Å². The maximum atomic E-state index is 10.2. The normalized spacial score (nSPS) is 16.5. The summed E-state index contributed by atoms with van der Waals surface area (Å²) in [5, 5.41) is 10.2. The summed E-state index contributed by atoms with van der Waals surface area (Å²) >= 11 is 5.18. The van der Waals surface area contributed by atoms with Gasteiger partial charge in [-0.1, -0.05) is 60.3 Å². The molecule has 2 unspecified atom stereocenters. The minimum absolute atomic E-state index is 0.0961. The molecule has 4 heteroatoms. The lowest BCUT2D eigenvalue weighted by molar-refractivity contribution is 0.128. The molecule has 2 N–H and O–H groups in total. The molecule has 0 fully saturated rings. The van der Waals surface area contributed by atoms with Crippen molar-refractivity contribution < 1.29 is 5.11 Å². The summed E-state index contributed by atoms with van der Waals surface area (Å²) in [5.74, 6) is 0.350. The number of hydrogen-bond donors (Lipinski definition) is 2. The molecule has 1 aromatic rings. The molecule has 0 saturated heterocycles. The van der Waals surface area contributed by atoms with E-state index in [4.69, 9.17) is 0 Å². The second kappa shape index (κ2) is 8.00. The predicted molar refractivity (Wildman–Crippen MR) is 97.5 cm³/mol. The van der Waals surface area contributed by atoms with E-state index in [1.54, 1.807) is 11.9 Å². The minimum atomic E-state index is -0.408. The van der Waals surface area contributed by atoms with Crippen LogP contribution in [0.5, 0.6) is 0 Å². The molecule has 0 bridgehead atoms. The van der Waals surface area contributed by atoms with Crippen LogP contribution < -0.4 is 4.72 Å². The molecule has 0 aliphatic carbocycles. The first-order valence-electron chi connectivity index (χ1n) is 7.57. The van der Waals surface area contributed by atoms with Crippen LogP contribution in [0.2, 0.25) is 0 Å². The molecular weight excluding hydrogens is 346 g/mol. The zero-order valence-corrected chi connectivity index (χ0v) is 16.1. The Hall–Kier alpha value is -0.0300. The van der Waals surface area contributed by atoms with E-state index in [0.29, 0.717) is 5.92 Å².